The Morgan fingerprint density at radius 1 is 1.10 bits per heavy atom. The average molecular weight is 423 g/mol. The van der Waals surface area contributed by atoms with Gasteiger partial charge in [-0.2, -0.15) is 0 Å². The van der Waals surface area contributed by atoms with Crippen molar-refractivity contribution in [2.45, 2.75) is 71.0 Å². The molecule has 1 saturated carbocycles. The van der Waals surface area contributed by atoms with Gasteiger partial charge in [0.05, 0.1) is 25.7 Å². The van der Waals surface area contributed by atoms with E-state index in [1.165, 1.54) is 37.0 Å². The highest BCUT2D eigenvalue weighted by Gasteiger charge is 2.54. The van der Waals surface area contributed by atoms with E-state index in [2.05, 4.69) is 21.6 Å². The van der Waals surface area contributed by atoms with Gasteiger partial charge in [0, 0.05) is 13.5 Å². The number of aliphatic imine (C=N–C) groups is 1. The van der Waals surface area contributed by atoms with Gasteiger partial charge in [0.1, 0.15) is 0 Å². The molecular formula is C24H32N5O2+. The number of aryl methyl sites for hydroxylation is 2. The van der Waals surface area contributed by atoms with Gasteiger partial charge in [-0.1, -0.05) is 48.0 Å². The van der Waals surface area contributed by atoms with Crippen LogP contribution < -0.4 is 0 Å². The van der Waals surface area contributed by atoms with Crippen molar-refractivity contribution in [1.29, 1.82) is 0 Å². The van der Waals surface area contributed by atoms with Crippen LogP contribution in [0.25, 0.3) is 0 Å². The maximum absolute atomic E-state index is 13.6. The topological polar surface area (TPSA) is 59.2 Å². The molecule has 5 rings (SSSR count). The van der Waals surface area contributed by atoms with Crippen molar-refractivity contribution < 1.29 is 14.2 Å². The summed E-state index contributed by atoms with van der Waals surface area (Å²) in [6, 6.07) is 5.89. The number of guanidine groups is 1. The van der Waals surface area contributed by atoms with Crippen LogP contribution in [-0.4, -0.2) is 75.2 Å². The number of hydrogen-bond donors (Lipinski definition) is 0. The van der Waals surface area contributed by atoms with Crippen molar-refractivity contribution in [2.24, 2.45) is 4.99 Å². The van der Waals surface area contributed by atoms with Crippen molar-refractivity contribution in [3.05, 3.63) is 34.9 Å². The summed E-state index contributed by atoms with van der Waals surface area (Å²) in [5.41, 5.74) is 3.23. The minimum absolute atomic E-state index is 0.150. The lowest BCUT2D eigenvalue weighted by Crippen LogP contribution is -2.63. The van der Waals surface area contributed by atoms with Crippen molar-refractivity contribution in [3.8, 4) is 0 Å². The number of hydrogen-bond acceptors (Lipinski definition) is 4. The molecule has 7 heteroatoms. The Morgan fingerprint density at radius 3 is 2.65 bits per heavy atom. The van der Waals surface area contributed by atoms with Crippen LogP contribution in [-0.2, 0) is 11.3 Å². The number of fused-ring (bicyclic) bond motifs is 2. The summed E-state index contributed by atoms with van der Waals surface area (Å²) in [5.74, 6) is 1.34. The van der Waals surface area contributed by atoms with E-state index in [1.807, 2.05) is 19.9 Å². The van der Waals surface area contributed by atoms with Gasteiger partial charge >= 0.3 is 12.0 Å². The number of carbonyl (C=O) groups is 2. The van der Waals surface area contributed by atoms with Crippen LogP contribution >= 0.6 is 0 Å². The third-order valence-electron chi connectivity index (χ3n) is 7.29. The zero-order valence-corrected chi connectivity index (χ0v) is 18.8. The minimum atomic E-state index is -0.491. The number of amidine groups is 1. The Morgan fingerprint density at radius 2 is 1.87 bits per heavy atom. The highest BCUT2D eigenvalue weighted by atomic mass is 16.2. The van der Waals surface area contributed by atoms with E-state index >= 15 is 0 Å². The second-order valence-corrected chi connectivity index (χ2v) is 9.40. The summed E-state index contributed by atoms with van der Waals surface area (Å²) in [6.07, 6.45) is 7.22. The summed E-state index contributed by atoms with van der Waals surface area (Å²) in [7, 11) is 1.75. The Labute approximate surface area is 184 Å². The molecule has 1 unspecified atom stereocenters. The molecule has 2 fully saturated rings. The maximum Gasteiger partial charge on any atom is 0.392 e. The van der Waals surface area contributed by atoms with E-state index in [1.54, 1.807) is 11.9 Å². The fourth-order valence-corrected chi connectivity index (χ4v) is 5.50. The van der Waals surface area contributed by atoms with Crippen molar-refractivity contribution in [2.75, 3.05) is 20.1 Å². The molecule has 31 heavy (non-hydrogen) atoms. The summed E-state index contributed by atoms with van der Waals surface area (Å²) >= 11 is 0. The molecule has 0 N–H and O–H groups in total. The van der Waals surface area contributed by atoms with E-state index < -0.39 is 6.04 Å². The molecule has 7 nitrogen and oxygen atoms in total. The number of carbonyl (C=O) groups excluding carboxylic acids is 2. The fourth-order valence-electron chi connectivity index (χ4n) is 5.50. The highest BCUT2D eigenvalue weighted by Crippen LogP contribution is 2.29. The molecule has 0 radical (unpaired) electrons. The Balaban J connectivity index is 1.47. The van der Waals surface area contributed by atoms with Gasteiger partial charge in [-0.3, -0.25) is 19.5 Å². The van der Waals surface area contributed by atoms with Crippen LogP contribution in [0.5, 0.6) is 0 Å². The second kappa shape index (κ2) is 7.77. The fraction of sp³-hybridized carbons (Fsp3) is 0.583. The lowest BCUT2D eigenvalue weighted by molar-refractivity contribution is -0.546. The quantitative estimate of drug-likeness (QED) is 0.704. The SMILES string of the molecule is Cc1ccc(C)c(CN2C(=O)C3C(=NC4=[N+]3CCCN4C3CCCCC3)N(C)C2=O)c1. The predicted molar refractivity (Wildman–Crippen MR) is 119 cm³/mol. The zero-order chi connectivity index (χ0) is 21.7. The number of likely N-dealkylation sites (N-methyl/N-ethyl adjacent to an activating group) is 1. The second-order valence-electron chi connectivity index (χ2n) is 9.40. The van der Waals surface area contributed by atoms with Gasteiger partial charge in [-0.05, 0) is 37.8 Å². The smallest absolute Gasteiger partial charge is 0.270 e. The molecule has 3 amide bonds. The number of amides is 3. The molecule has 1 aliphatic carbocycles. The largest absolute Gasteiger partial charge is 0.392 e. The van der Waals surface area contributed by atoms with E-state index in [0.29, 0.717) is 18.4 Å². The van der Waals surface area contributed by atoms with Gasteiger partial charge in [0.15, 0.2) is 0 Å². The first-order valence-electron chi connectivity index (χ1n) is 11.6. The van der Waals surface area contributed by atoms with Crippen LogP contribution in [0.1, 0.15) is 55.2 Å². The molecule has 0 spiro atoms. The first kappa shape index (κ1) is 20.2. The first-order chi connectivity index (χ1) is 15.0. The van der Waals surface area contributed by atoms with Gasteiger partial charge in [-0.15, -0.1) is 0 Å². The first-order valence-corrected chi connectivity index (χ1v) is 11.6. The highest BCUT2D eigenvalue weighted by molar-refractivity contribution is 6.22. The van der Waals surface area contributed by atoms with Crippen molar-refractivity contribution in [1.82, 2.24) is 14.7 Å². The number of nitrogens with zero attached hydrogens (tertiary/aromatic N) is 5. The molecule has 4 aliphatic rings. The number of rotatable bonds is 3. The third kappa shape index (κ3) is 3.34. The van der Waals surface area contributed by atoms with E-state index in [-0.39, 0.29) is 11.9 Å². The van der Waals surface area contributed by atoms with Crippen LogP contribution in [0.15, 0.2) is 23.2 Å². The summed E-state index contributed by atoms with van der Waals surface area (Å²) in [4.78, 5) is 37.1. The van der Waals surface area contributed by atoms with Crippen LogP contribution in [0.3, 0.4) is 0 Å². The van der Waals surface area contributed by atoms with Gasteiger partial charge in [0.2, 0.25) is 11.9 Å². The number of imide groups is 1. The maximum atomic E-state index is 13.6. The monoisotopic (exact) mass is 422 g/mol. The molecule has 1 aromatic rings. The standard InChI is InChI=1S/C24H32N5O2/c1-16-10-11-17(2)18(14-16)15-29-22(30)20-21(26(3)24(29)31)25-23-27(12-7-13-28(20)23)19-8-5-4-6-9-19/h10-11,14,19-20H,4-9,12-13,15H2,1-3H3/q+1. The zero-order valence-electron chi connectivity index (χ0n) is 18.8. The minimum Gasteiger partial charge on any atom is -0.270 e. The molecule has 164 valence electrons. The normalized spacial score (nSPS) is 24.5. The van der Waals surface area contributed by atoms with Gasteiger partial charge in [-0.25, -0.2) is 9.37 Å². The van der Waals surface area contributed by atoms with Crippen LogP contribution in [0.4, 0.5) is 4.79 Å². The van der Waals surface area contributed by atoms with Crippen LogP contribution in [0.2, 0.25) is 0 Å². The molecule has 3 heterocycles. The molecule has 3 aliphatic heterocycles. The van der Waals surface area contributed by atoms with Gasteiger partial charge < -0.3 is 0 Å². The summed E-state index contributed by atoms with van der Waals surface area (Å²) in [5, 5.41) is 0. The third-order valence-corrected chi connectivity index (χ3v) is 7.29. The summed E-state index contributed by atoms with van der Waals surface area (Å²) in [6.45, 7) is 6.15. The van der Waals surface area contributed by atoms with E-state index in [4.69, 9.17) is 4.99 Å². The molecule has 0 bridgehead atoms. The molecule has 1 atom stereocenters. The van der Waals surface area contributed by atoms with Crippen LogP contribution in [0, 0.1) is 13.8 Å². The van der Waals surface area contributed by atoms with E-state index in [9.17, 15) is 9.59 Å². The Hall–Kier alpha value is -2.70. The molecule has 1 aromatic carbocycles. The van der Waals surface area contributed by atoms with Gasteiger partial charge in [0.25, 0.3) is 5.91 Å². The Bertz CT molecular complexity index is 992. The average Bonchev–Trinajstić information content (AvgIpc) is 3.18. The lowest BCUT2D eigenvalue weighted by Gasteiger charge is -2.36. The molecule has 0 aromatic heterocycles. The Kier molecular flexibility index (Phi) is 5.07. The van der Waals surface area contributed by atoms with Crippen molar-refractivity contribution in [3.63, 3.8) is 0 Å². The number of benzene rings is 1. The molecule has 1 saturated heterocycles. The van der Waals surface area contributed by atoms with Crippen molar-refractivity contribution >= 4 is 23.7 Å². The molecular weight excluding hydrogens is 390 g/mol. The van der Waals surface area contributed by atoms with E-state index in [0.717, 1.165) is 42.2 Å². The lowest BCUT2D eigenvalue weighted by atomic mass is 9.94. The predicted octanol–water partition coefficient (Wildman–Crippen LogP) is 2.89. The summed E-state index contributed by atoms with van der Waals surface area (Å²) < 4.78 is 2.15. The number of urea groups is 1.